The first-order valence-electron chi connectivity index (χ1n) is 5.38. The van der Waals surface area contributed by atoms with Crippen LogP contribution in [0.25, 0.3) is 0 Å². The van der Waals surface area contributed by atoms with E-state index in [9.17, 15) is 13.2 Å². The van der Waals surface area contributed by atoms with Gasteiger partial charge in [-0.1, -0.05) is 17.7 Å². The van der Waals surface area contributed by atoms with E-state index in [1.807, 2.05) is 19.1 Å². The third kappa shape index (κ3) is 2.15. The lowest BCUT2D eigenvalue weighted by Gasteiger charge is -2.28. The molecule has 1 aliphatic rings. The van der Waals surface area contributed by atoms with Crippen molar-refractivity contribution in [1.29, 1.82) is 0 Å². The van der Waals surface area contributed by atoms with Crippen molar-refractivity contribution in [2.75, 3.05) is 11.4 Å². The Bertz CT molecular complexity index is 356. The van der Waals surface area contributed by atoms with Gasteiger partial charge >= 0.3 is 6.18 Å². The summed E-state index contributed by atoms with van der Waals surface area (Å²) in [6.07, 6.45) is -3.31. The van der Waals surface area contributed by atoms with E-state index in [0.29, 0.717) is 18.7 Å². The molecule has 0 N–H and O–H groups in total. The van der Waals surface area contributed by atoms with Gasteiger partial charge < -0.3 is 4.90 Å². The Hall–Kier alpha value is -1.19. The minimum Gasteiger partial charge on any atom is -0.360 e. The second kappa shape index (κ2) is 4.00. The molecule has 1 aromatic rings. The molecule has 16 heavy (non-hydrogen) atoms. The SMILES string of the molecule is Cc1ccc(N2CCCC2C(F)(F)F)cc1. The number of halogens is 3. The van der Waals surface area contributed by atoms with Crippen LogP contribution >= 0.6 is 0 Å². The van der Waals surface area contributed by atoms with Crippen molar-refractivity contribution in [3.8, 4) is 0 Å². The van der Waals surface area contributed by atoms with Gasteiger partial charge in [0.25, 0.3) is 0 Å². The summed E-state index contributed by atoms with van der Waals surface area (Å²) in [5, 5.41) is 0. The highest BCUT2D eigenvalue weighted by atomic mass is 19.4. The van der Waals surface area contributed by atoms with Crippen LogP contribution in [-0.2, 0) is 0 Å². The van der Waals surface area contributed by atoms with Gasteiger partial charge in [0.1, 0.15) is 6.04 Å². The summed E-state index contributed by atoms with van der Waals surface area (Å²) in [6.45, 7) is 2.42. The molecule has 0 aromatic heterocycles. The average Bonchev–Trinajstić information content (AvgIpc) is 2.66. The molecule has 0 bridgehead atoms. The second-order valence-electron chi connectivity index (χ2n) is 4.23. The van der Waals surface area contributed by atoms with Gasteiger partial charge in [0.15, 0.2) is 0 Å². The van der Waals surface area contributed by atoms with Gasteiger partial charge in [-0.3, -0.25) is 0 Å². The van der Waals surface area contributed by atoms with Crippen molar-refractivity contribution in [3.05, 3.63) is 29.8 Å². The monoisotopic (exact) mass is 229 g/mol. The zero-order valence-corrected chi connectivity index (χ0v) is 9.09. The number of aryl methyl sites for hydroxylation is 1. The van der Waals surface area contributed by atoms with Crippen LogP contribution in [0.4, 0.5) is 18.9 Å². The Kier molecular flexibility index (Phi) is 2.82. The lowest BCUT2D eigenvalue weighted by Crippen LogP contribution is -2.41. The van der Waals surface area contributed by atoms with Crippen molar-refractivity contribution in [1.82, 2.24) is 0 Å². The van der Waals surface area contributed by atoms with Crippen LogP contribution in [-0.4, -0.2) is 18.8 Å². The van der Waals surface area contributed by atoms with Gasteiger partial charge in [-0.2, -0.15) is 13.2 Å². The molecule has 2 rings (SSSR count). The van der Waals surface area contributed by atoms with Crippen molar-refractivity contribution in [2.24, 2.45) is 0 Å². The topological polar surface area (TPSA) is 3.24 Å². The molecular formula is C12H14F3N. The van der Waals surface area contributed by atoms with Crippen LogP contribution < -0.4 is 4.90 Å². The largest absolute Gasteiger partial charge is 0.408 e. The van der Waals surface area contributed by atoms with Crippen molar-refractivity contribution < 1.29 is 13.2 Å². The average molecular weight is 229 g/mol. The van der Waals surface area contributed by atoms with E-state index in [1.165, 1.54) is 4.90 Å². The molecule has 1 aliphatic heterocycles. The summed E-state index contributed by atoms with van der Waals surface area (Å²) < 4.78 is 38.2. The zero-order chi connectivity index (χ0) is 11.8. The first kappa shape index (κ1) is 11.3. The lowest BCUT2D eigenvalue weighted by molar-refractivity contribution is -0.145. The molecule has 0 radical (unpaired) electrons. The maximum atomic E-state index is 12.7. The van der Waals surface area contributed by atoms with Gasteiger partial charge in [0.2, 0.25) is 0 Å². The minimum absolute atomic E-state index is 0.206. The summed E-state index contributed by atoms with van der Waals surface area (Å²) in [5.74, 6) is 0. The molecule has 1 nitrogen and oxygen atoms in total. The minimum atomic E-state index is -4.12. The second-order valence-corrected chi connectivity index (χ2v) is 4.23. The number of hydrogen-bond donors (Lipinski definition) is 0. The Morgan fingerprint density at radius 1 is 1.19 bits per heavy atom. The van der Waals surface area contributed by atoms with E-state index in [-0.39, 0.29) is 6.42 Å². The van der Waals surface area contributed by atoms with Crippen molar-refractivity contribution in [2.45, 2.75) is 32.0 Å². The van der Waals surface area contributed by atoms with Gasteiger partial charge in [-0.15, -0.1) is 0 Å². The Morgan fingerprint density at radius 2 is 1.81 bits per heavy atom. The van der Waals surface area contributed by atoms with Crippen LogP contribution in [0.5, 0.6) is 0 Å². The van der Waals surface area contributed by atoms with Crippen LogP contribution in [0.3, 0.4) is 0 Å². The van der Waals surface area contributed by atoms with E-state index in [2.05, 4.69) is 0 Å². The predicted molar refractivity (Wildman–Crippen MR) is 57.6 cm³/mol. The Labute approximate surface area is 92.9 Å². The first-order valence-corrected chi connectivity index (χ1v) is 5.38. The summed E-state index contributed by atoms with van der Waals surface area (Å²) in [5.41, 5.74) is 1.73. The number of anilines is 1. The van der Waals surface area contributed by atoms with Crippen molar-refractivity contribution in [3.63, 3.8) is 0 Å². The maximum Gasteiger partial charge on any atom is 0.408 e. The van der Waals surface area contributed by atoms with Crippen LogP contribution in [0.15, 0.2) is 24.3 Å². The lowest BCUT2D eigenvalue weighted by atomic mass is 10.2. The number of alkyl halides is 3. The molecule has 1 fully saturated rings. The molecule has 4 heteroatoms. The number of rotatable bonds is 1. The Balaban J connectivity index is 2.23. The summed E-state index contributed by atoms with van der Waals surface area (Å²) in [4.78, 5) is 1.46. The van der Waals surface area contributed by atoms with Gasteiger partial charge in [-0.25, -0.2) is 0 Å². The summed E-state index contributed by atoms with van der Waals surface area (Å²) >= 11 is 0. The quantitative estimate of drug-likeness (QED) is 0.712. The maximum absolute atomic E-state index is 12.7. The van der Waals surface area contributed by atoms with Gasteiger partial charge in [0.05, 0.1) is 0 Å². The molecule has 1 unspecified atom stereocenters. The third-order valence-corrected chi connectivity index (χ3v) is 3.00. The van der Waals surface area contributed by atoms with Crippen LogP contribution in [0, 0.1) is 6.92 Å². The molecule has 0 spiro atoms. The molecule has 1 saturated heterocycles. The molecule has 0 saturated carbocycles. The molecule has 1 aromatic carbocycles. The highest BCUT2D eigenvalue weighted by Crippen LogP contribution is 2.35. The van der Waals surface area contributed by atoms with E-state index in [4.69, 9.17) is 0 Å². The smallest absolute Gasteiger partial charge is 0.360 e. The van der Waals surface area contributed by atoms with Crippen molar-refractivity contribution >= 4 is 5.69 Å². The van der Waals surface area contributed by atoms with Gasteiger partial charge in [-0.05, 0) is 31.9 Å². The molecule has 0 amide bonds. The van der Waals surface area contributed by atoms with Crippen LogP contribution in [0.2, 0.25) is 0 Å². The highest BCUT2D eigenvalue weighted by Gasteiger charge is 2.45. The fourth-order valence-corrected chi connectivity index (χ4v) is 2.15. The Morgan fingerprint density at radius 3 is 2.38 bits per heavy atom. The van der Waals surface area contributed by atoms with E-state index in [1.54, 1.807) is 12.1 Å². The third-order valence-electron chi connectivity index (χ3n) is 3.00. The normalized spacial score (nSPS) is 21.5. The molecule has 88 valence electrons. The summed E-state index contributed by atoms with van der Waals surface area (Å²) in [7, 11) is 0. The molecule has 0 aliphatic carbocycles. The van der Waals surface area contributed by atoms with Gasteiger partial charge in [0, 0.05) is 12.2 Å². The first-order chi connectivity index (χ1) is 7.48. The molecular weight excluding hydrogens is 215 g/mol. The zero-order valence-electron chi connectivity index (χ0n) is 9.09. The summed E-state index contributed by atoms with van der Waals surface area (Å²) in [6, 6.07) is 5.91. The predicted octanol–water partition coefficient (Wildman–Crippen LogP) is 3.53. The number of nitrogens with zero attached hydrogens (tertiary/aromatic N) is 1. The van der Waals surface area contributed by atoms with Crippen LogP contribution in [0.1, 0.15) is 18.4 Å². The number of hydrogen-bond acceptors (Lipinski definition) is 1. The molecule has 1 atom stereocenters. The highest BCUT2D eigenvalue weighted by molar-refractivity contribution is 5.49. The molecule has 1 heterocycles. The van der Waals surface area contributed by atoms with E-state index >= 15 is 0 Å². The fourth-order valence-electron chi connectivity index (χ4n) is 2.15. The standard InChI is InChI=1S/C12H14F3N/c1-9-4-6-10(7-5-9)16-8-2-3-11(16)12(13,14)15/h4-7,11H,2-3,8H2,1H3. The van der Waals surface area contributed by atoms with E-state index < -0.39 is 12.2 Å². The van der Waals surface area contributed by atoms with E-state index in [0.717, 1.165) is 5.56 Å². The number of benzene rings is 1. The fraction of sp³-hybridized carbons (Fsp3) is 0.500.